The molecule has 0 amide bonds. The maximum Gasteiger partial charge on any atom is 0.123 e. The summed E-state index contributed by atoms with van der Waals surface area (Å²) < 4.78 is 0. The van der Waals surface area contributed by atoms with Gasteiger partial charge in [0.15, 0.2) is 0 Å². The van der Waals surface area contributed by atoms with Crippen LogP contribution in [0.4, 0.5) is 0 Å². The van der Waals surface area contributed by atoms with Crippen molar-refractivity contribution in [2.45, 2.75) is 38.5 Å². The molecule has 2 heteroatoms. The van der Waals surface area contributed by atoms with E-state index in [9.17, 15) is 0 Å². The highest BCUT2D eigenvalue weighted by molar-refractivity contribution is 7.15. The average molecular weight is 243 g/mol. The molecule has 17 heavy (non-hydrogen) atoms. The molecular weight excluding hydrogens is 226 g/mol. The van der Waals surface area contributed by atoms with Crippen molar-refractivity contribution < 1.29 is 0 Å². The second-order valence-corrected chi connectivity index (χ2v) is 6.59. The maximum atomic E-state index is 4.86. The van der Waals surface area contributed by atoms with E-state index in [0.717, 1.165) is 0 Å². The van der Waals surface area contributed by atoms with E-state index >= 15 is 0 Å². The molecule has 0 saturated heterocycles. The topological polar surface area (TPSA) is 12.9 Å². The fourth-order valence-electron chi connectivity index (χ4n) is 2.81. The van der Waals surface area contributed by atoms with Crippen molar-refractivity contribution in [2.75, 3.05) is 0 Å². The number of aromatic nitrogens is 1. The number of fused-ring (bicyclic) bond motifs is 1. The highest BCUT2D eigenvalue weighted by Crippen LogP contribution is 2.49. The molecule has 2 aromatic rings. The zero-order valence-corrected chi connectivity index (χ0v) is 11.3. The SMILES string of the molecule is CC1CC(C)(C)c2sc(-c3ccccc3)nc21. The fraction of sp³-hybridized carbons (Fsp3) is 0.400. The molecule has 1 aromatic heterocycles. The smallest absolute Gasteiger partial charge is 0.123 e. The van der Waals surface area contributed by atoms with Gasteiger partial charge >= 0.3 is 0 Å². The highest BCUT2D eigenvalue weighted by Gasteiger charge is 2.38. The third-order valence-corrected chi connectivity index (χ3v) is 5.06. The lowest BCUT2D eigenvalue weighted by molar-refractivity contribution is 0.493. The van der Waals surface area contributed by atoms with Gasteiger partial charge in [0.05, 0.1) is 5.69 Å². The third-order valence-electron chi connectivity index (χ3n) is 3.57. The number of hydrogen-bond acceptors (Lipinski definition) is 2. The third kappa shape index (κ3) is 1.71. The van der Waals surface area contributed by atoms with Gasteiger partial charge in [-0.2, -0.15) is 0 Å². The Morgan fingerprint density at radius 1 is 1.24 bits per heavy atom. The predicted octanol–water partition coefficient (Wildman–Crippen LogP) is 4.59. The van der Waals surface area contributed by atoms with Crippen LogP contribution in [0.3, 0.4) is 0 Å². The average Bonchev–Trinajstić information content (AvgIpc) is 2.82. The Labute approximate surface area is 107 Å². The summed E-state index contributed by atoms with van der Waals surface area (Å²) in [6.07, 6.45) is 1.23. The predicted molar refractivity (Wildman–Crippen MR) is 73.6 cm³/mol. The molecule has 0 bridgehead atoms. The summed E-state index contributed by atoms with van der Waals surface area (Å²) in [7, 11) is 0. The second-order valence-electron chi connectivity index (χ2n) is 5.59. The van der Waals surface area contributed by atoms with Crippen LogP contribution in [-0.4, -0.2) is 4.98 Å². The largest absolute Gasteiger partial charge is 0.241 e. The fourth-order valence-corrected chi connectivity index (χ4v) is 4.11. The van der Waals surface area contributed by atoms with E-state index in [2.05, 4.69) is 51.1 Å². The molecule has 1 atom stereocenters. The van der Waals surface area contributed by atoms with E-state index in [4.69, 9.17) is 4.98 Å². The molecule has 1 heterocycles. The zero-order valence-electron chi connectivity index (χ0n) is 10.5. The van der Waals surface area contributed by atoms with Crippen LogP contribution in [0.25, 0.3) is 10.6 Å². The minimum Gasteiger partial charge on any atom is -0.241 e. The Bertz CT molecular complexity index is 539. The lowest BCUT2D eigenvalue weighted by atomic mass is 9.91. The van der Waals surface area contributed by atoms with E-state index in [1.807, 2.05) is 11.3 Å². The lowest BCUT2D eigenvalue weighted by Crippen LogP contribution is -2.10. The van der Waals surface area contributed by atoms with Gasteiger partial charge in [-0.05, 0) is 6.42 Å². The quantitative estimate of drug-likeness (QED) is 0.713. The Morgan fingerprint density at radius 2 is 1.94 bits per heavy atom. The highest BCUT2D eigenvalue weighted by atomic mass is 32.1. The molecule has 0 spiro atoms. The number of rotatable bonds is 1. The first kappa shape index (κ1) is 11.0. The molecule has 0 saturated carbocycles. The van der Waals surface area contributed by atoms with Gasteiger partial charge < -0.3 is 0 Å². The first-order valence-corrected chi connectivity index (χ1v) is 6.96. The van der Waals surface area contributed by atoms with Gasteiger partial charge in [-0.25, -0.2) is 4.98 Å². The van der Waals surface area contributed by atoms with E-state index in [0.29, 0.717) is 11.3 Å². The Balaban J connectivity index is 2.10. The van der Waals surface area contributed by atoms with Crippen LogP contribution in [-0.2, 0) is 5.41 Å². The van der Waals surface area contributed by atoms with Crippen molar-refractivity contribution in [1.29, 1.82) is 0 Å². The summed E-state index contributed by atoms with van der Waals surface area (Å²) in [5.41, 5.74) is 2.88. The number of benzene rings is 1. The first-order valence-electron chi connectivity index (χ1n) is 6.14. The van der Waals surface area contributed by atoms with Crippen LogP contribution in [0.15, 0.2) is 30.3 Å². The maximum absolute atomic E-state index is 4.86. The standard InChI is InChI=1S/C15H17NS/c1-10-9-15(2,3)13-12(10)16-14(17-13)11-7-5-4-6-8-11/h4-8,10H,9H2,1-3H3. The van der Waals surface area contributed by atoms with Crippen molar-refractivity contribution in [1.82, 2.24) is 4.98 Å². The summed E-state index contributed by atoms with van der Waals surface area (Å²) >= 11 is 1.87. The van der Waals surface area contributed by atoms with Crippen molar-refractivity contribution in [3.63, 3.8) is 0 Å². The molecule has 1 unspecified atom stereocenters. The van der Waals surface area contributed by atoms with Gasteiger partial charge in [0.25, 0.3) is 0 Å². The van der Waals surface area contributed by atoms with Gasteiger partial charge in [0.1, 0.15) is 5.01 Å². The van der Waals surface area contributed by atoms with Crippen LogP contribution in [0.2, 0.25) is 0 Å². The summed E-state index contributed by atoms with van der Waals surface area (Å²) in [5.74, 6) is 0.605. The molecule has 1 aliphatic rings. The number of thiazole rings is 1. The Morgan fingerprint density at radius 3 is 2.59 bits per heavy atom. The zero-order chi connectivity index (χ0) is 12.0. The van der Waals surface area contributed by atoms with Crippen LogP contribution in [0, 0.1) is 0 Å². The molecule has 3 rings (SSSR count). The minimum atomic E-state index is 0.305. The van der Waals surface area contributed by atoms with Gasteiger partial charge in [0.2, 0.25) is 0 Å². The van der Waals surface area contributed by atoms with Crippen LogP contribution < -0.4 is 0 Å². The van der Waals surface area contributed by atoms with Gasteiger partial charge in [-0.15, -0.1) is 11.3 Å². The molecule has 0 fully saturated rings. The molecule has 0 N–H and O–H groups in total. The molecule has 1 aromatic carbocycles. The van der Waals surface area contributed by atoms with Gasteiger partial charge in [0, 0.05) is 21.8 Å². The summed E-state index contributed by atoms with van der Waals surface area (Å²) in [4.78, 5) is 6.35. The van der Waals surface area contributed by atoms with Gasteiger partial charge in [-0.1, -0.05) is 51.1 Å². The first-order chi connectivity index (χ1) is 8.08. The summed E-state index contributed by atoms with van der Waals surface area (Å²) in [5, 5.41) is 1.18. The van der Waals surface area contributed by atoms with E-state index in [1.54, 1.807) is 0 Å². The second kappa shape index (κ2) is 3.67. The molecule has 1 aliphatic carbocycles. The van der Waals surface area contributed by atoms with Crippen molar-refractivity contribution in [3.8, 4) is 10.6 Å². The molecule has 0 aliphatic heterocycles. The van der Waals surface area contributed by atoms with Crippen molar-refractivity contribution in [3.05, 3.63) is 40.9 Å². The number of nitrogens with zero attached hydrogens (tertiary/aromatic N) is 1. The minimum absolute atomic E-state index is 0.305. The lowest BCUT2D eigenvalue weighted by Gasteiger charge is -2.16. The molecular formula is C15H17NS. The van der Waals surface area contributed by atoms with Crippen molar-refractivity contribution in [2.24, 2.45) is 0 Å². The normalized spacial score (nSPS) is 21.5. The van der Waals surface area contributed by atoms with Crippen LogP contribution in [0.5, 0.6) is 0 Å². The Hall–Kier alpha value is -1.15. The molecule has 1 nitrogen and oxygen atoms in total. The monoisotopic (exact) mass is 243 g/mol. The van der Waals surface area contributed by atoms with E-state index in [1.165, 1.54) is 27.6 Å². The molecule has 0 radical (unpaired) electrons. The van der Waals surface area contributed by atoms with Crippen LogP contribution >= 0.6 is 11.3 Å². The van der Waals surface area contributed by atoms with E-state index in [-0.39, 0.29) is 0 Å². The summed E-state index contributed by atoms with van der Waals surface area (Å²) in [6, 6.07) is 10.5. The summed E-state index contributed by atoms with van der Waals surface area (Å²) in [6.45, 7) is 6.96. The van der Waals surface area contributed by atoms with Crippen LogP contribution in [0.1, 0.15) is 43.7 Å². The Kier molecular flexibility index (Phi) is 2.37. The van der Waals surface area contributed by atoms with Crippen molar-refractivity contribution >= 4 is 11.3 Å². The van der Waals surface area contributed by atoms with Gasteiger partial charge in [-0.3, -0.25) is 0 Å². The van der Waals surface area contributed by atoms with E-state index < -0.39 is 0 Å². The molecule has 88 valence electrons. The number of hydrogen-bond donors (Lipinski definition) is 0.